The van der Waals surface area contributed by atoms with Crippen LogP contribution in [0, 0.1) is 12.7 Å². The van der Waals surface area contributed by atoms with Crippen molar-refractivity contribution in [2.24, 2.45) is 0 Å². The molecule has 1 saturated heterocycles. The van der Waals surface area contributed by atoms with Gasteiger partial charge in [-0.25, -0.2) is 13.8 Å². The number of hydrogen-bond donors (Lipinski definition) is 2. The summed E-state index contributed by atoms with van der Waals surface area (Å²) in [6.07, 6.45) is 1.93. The van der Waals surface area contributed by atoms with Gasteiger partial charge in [0.25, 0.3) is 0 Å². The first kappa shape index (κ1) is 24.8. The third kappa shape index (κ3) is 4.67. The van der Waals surface area contributed by atoms with Gasteiger partial charge < -0.3 is 9.72 Å². The number of aryl methyl sites for hydroxylation is 1. The zero-order valence-electron chi connectivity index (χ0n) is 20.1. The second kappa shape index (κ2) is 9.56. The van der Waals surface area contributed by atoms with Gasteiger partial charge in [0.1, 0.15) is 23.2 Å². The van der Waals surface area contributed by atoms with Crippen LogP contribution in [0.5, 0.6) is 5.75 Å². The molecular weight excluding hydrogens is 502 g/mol. The fourth-order valence-corrected chi connectivity index (χ4v) is 5.67. The Balaban J connectivity index is 1.55. The van der Waals surface area contributed by atoms with Crippen LogP contribution in [0.2, 0.25) is 0 Å². The van der Waals surface area contributed by atoms with Crippen LogP contribution in [0.25, 0.3) is 22.2 Å². The predicted octanol–water partition coefficient (Wildman–Crippen LogP) is 4.62. The number of ketones is 1. The van der Waals surface area contributed by atoms with E-state index in [0.717, 1.165) is 33.1 Å². The van der Waals surface area contributed by atoms with Crippen LogP contribution >= 0.6 is 0 Å². The van der Waals surface area contributed by atoms with E-state index in [1.165, 1.54) is 13.3 Å². The Morgan fingerprint density at radius 3 is 2.62 bits per heavy atom. The number of rotatable bonds is 7. The fraction of sp³-hybridized carbons (Fsp3) is 0.231. The Kier molecular flexibility index (Phi) is 6.42. The lowest BCUT2D eigenvalue weighted by molar-refractivity contribution is 0.103. The van der Waals surface area contributed by atoms with Gasteiger partial charge in [0.2, 0.25) is 5.78 Å². The van der Waals surface area contributed by atoms with E-state index in [-0.39, 0.29) is 36.5 Å². The Labute approximate surface area is 212 Å². The van der Waals surface area contributed by atoms with Gasteiger partial charge in [-0.05, 0) is 37.1 Å². The molecule has 1 aliphatic heterocycles. The van der Waals surface area contributed by atoms with Crippen molar-refractivity contribution in [1.82, 2.24) is 14.3 Å². The highest BCUT2D eigenvalue weighted by atomic mass is 32.2. The zero-order chi connectivity index (χ0) is 26.3. The van der Waals surface area contributed by atoms with Gasteiger partial charge in [-0.2, -0.15) is 12.7 Å². The highest BCUT2D eigenvalue weighted by Crippen LogP contribution is 2.36. The lowest BCUT2D eigenvalue weighted by atomic mass is 9.99. The number of anilines is 1. The first-order chi connectivity index (χ1) is 17.7. The van der Waals surface area contributed by atoms with E-state index >= 15 is 4.39 Å². The third-order valence-electron chi connectivity index (χ3n) is 6.37. The van der Waals surface area contributed by atoms with Crippen LogP contribution in [0.15, 0.2) is 54.9 Å². The van der Waals surface area contributed by atoms with Crippen LogP contribution in [0.1, 0.15) is 27.9 Å². The topological polar surface area (TPSA) is 104 Å². The summed E-state index contributed by atoms with van der Waals surface area (Å²) < 4.78 is 62.8. The minimum Gasteiger partial charge on any atom is -0.494 e. The quantitative estimate of drug-likeness (QED) is 0.342. The number of alkyl halides is 1. The molecule has 192 valence electrons. The van der Waals surface area contributed by atoms with Crippen molar-refractivity contribution >= 4 is 32.7 Å². The molecule has 2 N–H and O–H groups in total. The molecule has 11 heteroatoms. The summed E-state index contributed by atoms with van der Waals surface area (Å²) in [7, 11) is -2.94. The van der Waals surface area contributed by atoms with Gasteiger partial charge in [0.05, 0.1) is 12.8 Å². The average Bonchev–Trinajstić information content (AvgIpc) is 3.51. The van der Waals surface area contributed by atoms with Crippen LogP contribution in [0.4, 0.5) is 14.5 Å². The molecule has 1 atom stereocenters. The lowest BCUT2D eigenvalue weighted by Gasteiger charge is -2.19. The van der Waals surface area contributed by atoms with E-state index in [2.05, 4.69) is 14.7 Å². The van der Waals surface area contributed by atoms with Crippen molar-refractivity contribution < 1.29 is 26.7 Å². The Morgan fingerprint density at radius 2 is 1.95 bits per heavy atom. The van der Waals surface area contributed by atoms with E-state index in [1.807, 2.05) is 31.2 Å². The molecule has 1 aliphatic rings. The number of carbonyl (C=O) groups excluding carboxylic acids is 1. The van der Waals surface area contributed by atoms with Crippen molar-refractivity contribution in [3.05, 3.63) is 77.4 Å². The molecule has 1 fully saturated rings. The molecule has 0 unspecified atom stereocenters. The number of carbonyl (C=O) groups is 1. The molecule has 0 spiro atoms. The molecule has 2 aromatic heterocycles. The summed E-state index contributed by atoms with van der Waals surface area (Å²) in [6, 6.07) is 11.7. The number of nitrogens with zero attached hydrogens (tertiary/aromatic N) is 2. The minimum absolute atomic E-state index is 0.0114. The number of halogens is 2. The Bertz CT molecular complexity index is 1600. The summed E-state index contributed by atoms with van der Waals surface area (Å²) in [6.45, 7) is 1.71. The molecule has 0 amide bonds. The van der Waals surface area contributed by atoms with Crippen LogP contribution in [-0.4, -0.2) is 54.8 Å². The van der Waals surface area contributed by atoms with Crippen molar-refractivity contribution in [1.29, 1.82) is 0 Å². The molecule has 4 aromatic rings. The molecule has 0 aliphatic carbocycles. The number of H-pyrrole nitrogens is 1. The Hall–Kier alpha value is -3.83. The molecule has 3 heterocycles. The maximum atomic E-state index is 15.1. The normalized spacial score (nSPS) is 16.3. The molecule has 8 nitrogen and oxygen atoms in total. The van der Waals surface area contributed by atoms with Gasteiger partial charge in [0, 0.05) is 42.0 Å². The molecule has 0 bridgehead atoms. The van der Waals surface area contributed by atoms with Crippen molar-refractivity contribution in [2.75, 3.05) is 24.9 Å². The van der Waals surface area contributed by atoms with Crippen LogP contribution in [0.3, 0.4) is 0 Å². The maximum Gasteiger partial charge on any atom is 0.301 e. The highest BCUT2D eigenvalue weighted by molar-refractivity contribution is 7.90. The molecule has 0 radical (unpaired) electrons. The summed E-state index contributed by atoms with van der Waals surface area (Å²) in [5, 5.41) is 0.474. The first-order valence-corrected chi connectivity index (χ1v) is 13.0. The largest absolute Gasteiger partial charge is 0.494 e. The molecule has 5 rings (SSSR count). The van der Waals surface area contributed by atoms with E-state index in [0.29, 0.717) is 11.0 Å². The minimum atomic E-state index is -4.15. The van der Waals surface area contributed by atoms with Gasteiger partial charge >= 0.3 is 10.2 Å². The monoisotopic (exact) mass is 526 g/mol. The Morgan fingerprint density at radius 1 is 1.19 bits per heavy atom. The number of nitrogens with one attached hydrogen (secondary N) is 2. The second-order valence-corrected chi connectivity index (χ2v) is 10.5. The van der Waals surface area contributed by atoms with Gasteiger partial charge in [-0.15, -0.1) is 0 Å². The third-order valence-corrected chi connectivity index (χ3v) is 7.86. The summed E-state index contributed by atoms with van der Waals surface area (Å²) >= 11 is 0. The van der Waals surface area contributed by atoms with Crippen LogP contribution < -0.4 is 9.46 Å². The summed E-state index contributed by atoms with van der Waals surface area (Å²) in [5.41, 5.74) is 2.78. The van der Waals surface area contributed by atoms with Crippen LogP contribution in [-0.2, 0) is 10.2 Å². The first-order valence-electron chi connectivity index (χ1n) is 11.5. The SMILES string of the molecule is COc1c(NS(=O)(=O)N2CC[C@@H](F)C2)ccc(F)c1C(=O)c1c[nH]c2ncc(-c3ccc(C)cc3)cc12. The number of methoxy groups -OCH3 is 1. The number of benzene rings is 2. The maximum absolute atomic E-state index is 15.1. The van der Waals surface area contributed by atoms with E-state index < -0.39 is 33.5 Å². The number of aromatic amines is 1. The zero-order valence-corrected chi connectivity index (χ0v) is 20.9. The molecule has 0 saturated carbocycles. The van der Waals surface area contributed by atoms with Gasteiger partial charge in [-0.3, -0.25) is 9.52 Å². The van der Waals surface area contributed by atoms with Crippen molar-refractivity contribution in [3.8, 4) is 16.9 Å². The highest BCUT2D eigenvalue weighted by Gasteiger charge is 2.33. The number of aromatic nitrogens is 2. The molecule has 37 heavy (non-hydrogen) atoms. The lowest BCUT2D eigenvalue weighted by Crippen LogP contribution is -2.34. The van der Waals surface area contributed by atoms with E-state index in [1.54, 1.807) is 12.3 Å². The second-order valence-electron chi connectivity index (χ2n) is 8.87. The number of hydrogen-bond acceptors (Lipinski definition) is 5. The molecular formula is C26H24F2N4O4S. The standard InChI is InChI=1S/C26H24F2N4O4S/c1-15-3-5-16(6-4-15)17-11-19-20(13-30-26(19)29-12-17)24(33)23-21(28)7-8-22(25(23)36-2)31-37(34,35)32-10-9-18(27)14-32/h3-8,11-13,18,31H,9-10,14H2,1-2H3,(H,29,30)/t18-/m1/s1. The fourth-order valence-electron chi connectivity index (χ4n) is 4.40. The van der Waals surface area contributed by atoms with E-state index in [9.17, 15) is 17.6 Å². The van der Waals surface area contributed by atoms with Gasteiger partial charge in [0.15, 0.2) is 5.75 Å². The summed E-state index contributed by atoms with van der Waals surface area (Å²) in [4.78, 5) is 21.0. The number of ether oxygens (including phenoxy) is 1. The number of fused-ring (bicyclic) bond motifs is 1. The smallest absolute Gasteiger partial charge is 0.301 e. The van der Waals surface area contributed by atoms with E-state index in [4.69, 9.17) is 4.74 Å². The predicted molar refractivity (Wildman–Crippen MR) is 136 cm³/mol. The van der Waals surface area contributed by atoms with Crippen molar-refractivity contribution in [2.45, 2.75) is 19.5 Å². The number of pyridine rings is 1. The summed E-state index contributed by atoms with van der Waals surface area (Å²) in [5.74, 6) is -1.87. The van der Waals surface area contributed by atoms with Gasteiger partial charge in [-0.1, -0.05) is 29.8 Å². The molecule has 2 aromatic carbocycles. The average molecular weight is 527 g/mol. The van der Waals surface area contributed by atoms with Crippen molar-refractivity contribution in [3.63, 3.8) is 0 Å².